The van der Waals surface area contributed by atoms with Crippen LogP contribution in [0.25, 0.3) is 5.76 Å². The molecule has 30 heavy (non-hydrogen) atoms. The average molecular weight is 436 g/mol. The highest BCUT2D eigenvalue weighted by Crippen LogP contribution is 2.34. The number of rotatable bonds is 6. The summed E-state index contributed by atoms with van der Waals surface area (Å²) in [6, 6.07) is 7.48. The molecule has 0 amide bonds. The Hall–Kier alpha value is -2.94. The van der Waals surface area contributed by atoms with E-state index in [4.69, 9.17) is 4.42 Å². The molecule has 1 aromatic carbocycles. The number of halogens is 1. The second-order valence-corrected chi connectivity index (χ2v) is 9.42. The van der Waals surface area contributed by atoms with Crippen molar-refractivity contribution in [3.05, 3.63) is 64.9 Å². The molecule has 3 rings (SSSR count). The maximum atomic E-state index is 13.2. The van der Waals surface area contributed by atoms with Gasteiger partial charge in [0.05, 0.1) is 18.6 Å². The van der Waals surface area contributed by atoms with Crippen LogP contribution in [0.3, 0.4) is 0 Å². The molecule has 1 aliphatic rings. The van der Waals surface area contributed by atoms with Gasteiger partial charge >= 0.3 is 5.97 Å². The van der Waals surface area contributed by atoms with Crippen molar-refractivity contribution in [1.29, 1.82) is 0 Å². The quantitative estimate of drug-likeness (QED) is 0.321. The SMILES string of the molecule is COC(=O)C(=O)C=C(O)c1oc(C2CCS(=O)(=O)CC2)cc1Cc1ccc(F)cc1. The number of aliphatic hydroxyl groups is 1. The summed E-state index contributed by atoms with van der Waals surface area (Å²) in [7, 11) is -2.01. The number of hydrogen-bond donors (Lipinski definition) is 1. The van der Waals surface area contributed by atoms with Gasteiger partial charge in [0.1, 0.15) is 21.4 Å². The minimum atomic E-state index is -3.06. The number of ether oxygens (including phenoxy) is 1. The molecule has 1 fully saturated rings. The van der Waals surface area contributed by atoms with Crippen LogP contribution >= 0.6 is 0 Å². The molecule has 0 saturated carbocycles. The number of esters is 1. The minimum absolute atomic E-state index is 0.00000803. The Morgan fingerprint density at radius 2 is 1.87 bits per heavy atom. The van der Waals surface area contributed by atoms with E-state index in [1.165, 1.54) is 12.1 Å². The number of carbonyl (C=O) groups is 2. The molecule has 0 bridgehead atoms. The molecule has 0 unspecified atom stereocenters. The Labute approximate surface area is 173 Å². The molecular weight excluding hydrogens is 415 g/mol. The van der Waals surface area contributed by atoms with Gasteiger partial charge in [0, 0.05) is 24.0 Å². The van der Waals surface area contributed by atoms with Crippen LogP contribution in [0.15, 0.2) is 40.8 Å². The Bertz CT molecular complexity index is 1070. The zero-order valence-corrected chi connectivity index (χ0v) is 17.1. The summed E-state index contributed by atoms with van der Waals surface area (Å²) < 4.78 is 46.7. The van der Waals surface area contributed by atoms with Gasteiger partial charge in [-0.1, -0.05) is 12.1 Å². The summed E-state index contributed by atoms with van der Waals surface area (Å²) in [6.45, 7) is 0. The Kier molecular flexibility index (Phi) is 6.40. The highest BCUT2D eigenvalue weighted by molar-refractivity contribution is 7.91. The van der Waals surface area contributed by atoms with Gasteiger partial charge in [-0.2, -0.15) is 0 Å². The van der Waals surface area contributed by atoms with E-state index < -0.39 is 27.3 Å². The monoisotopic (exact) mass is 436 g/mol. The zero-order chi connectivity index (χ0) is 21.9. The van der Waals surface area contributed by atoms with E-state index in [1.54, 1.807) is 18.2 Å². The number of ketones is 1. The number of aliphatic hydroxyl groups excluding tert-OH is 1. The molecule has 0 radical (unpaired) electrons. The van der Waals surface area contributed by atoms with Crippen molar-refractivity contribution in [1.82, 2.24) is 0 Å². The first-order valence-electron chi connectivity index (χ1n) is 9.29. The van der Waals surface area contributed by atoms with Crippen molar-refractivity contribution in [2.75, 3.05) is 18.6 Å². The fraction of sp³-hybridized carbons (Fsp3) is 0.333. The van der Waals surface area contributed by atoms with Crippen molar-refractivity contribution in [3.8, 4) is 0 Å². The van der Waals surface area contributed by atoms with Crippen molar-refractivity contribution in [2.45, 2.75) is 25.2 Å². The lowest BCUT2D eigenvalue weighted by Crippen LogP contribution is -2.21. The molecule has 0 aliphatic carbocycles. The standard InChI is InChI=1S/C21H21FO7S/c1-28-21(25)18(24)12-17(23)20-15(10-13-2-4-16(22)5-3-13)11-19(29-20)14-6-8-30(26,27)9-7-14/h2-5,11-12,14,23H,6-10H2,1H3. The van der Waals surface area contributed by atoms with Crippen LogP contribution in [0.5, 0.6) is 0 Å². The van der Waals surface area contributed by atoms with Crippen LogP contribution in [0.1, 0.15) is 41.4 Å². The van der Waals surface area contributed by atoms with Crippen molar-refractivity contribution in [2.24, 2.45) is 0 Å². The summed E-state index contributed by atoms with van der Waals surface area (Å²) in [5, 5.41) is 10.4. The molecular formula is C21H21FO7S. The summed E-state index contributed by atoms with van der Waals surface area (Å²) in [4.78, 5) is 23.1. The molecule has 1 aliphatic heterocycles. The molecule has 2 aromatic rings. The molecule has 2 heterocycles. The van der Waals surface area contributed by atoms with Gasteiger partial charge in [0.15, 0.2) is 11.5 Å². The molecule has 9 heteroatoms. The van der Waals surface area contributed by atoms with Crippen molar-refractivity contribution < 1.29 is 36.7 Å². The van der Waals surface area contributed by atoms with Gasteiger partial charge in [-0.15, -0.1) is 0 Å². The lowest BCUT2D eigenvalue weighted by atomic mass is 9.98. The first-order chi connectivity index (χ1) is 14.2. The summed E-state index contributed by atoms with van der Waals surface area (Å²) in [6.07, 6.45) is 1.76. The number of methoxy groups -OCH3 is 1. The smallest absolute Gasteiger partial charge is 0.378 e. The minimum Gasteiger partial charge on any atom is -0.504 e. The summed E-state index contributed by atoms with van der Waals surface area (Å²) in [5.41, 5.74) is 1.26. The van der Waals surface area contributed by atoms with Gasteiger partial charge in [0.2, 0.25) is 0 Å². The largest absolute Gasteiger partial charge is 0.504 e. The van der Waals surface area contributed by atoms with Gasteiger partial charge < -0.3 is 14.3 Å². The highest BCUT2D eigenvalue weighted by atomic mass is 32.2. The van der Waals surface area contributed by atoms with Crippen molar-refractivity contribution in [3.63, 3.8) is 0 Å². The fourth-order valence-corrected chi connectivity index (χ4v) is 4.84. The number of hydrogen-bond acceptors (Lipinski definition) is 7. The van der Waals surface area contributed by atoms with Crippen LogP contribution in [0.2, 0.25) is 0 Å². The second-order valence-electron chi connectivity index (χ2n) is 7.12. The van der Waals surface area contributed by atoms with E-state index in [0.717, 1.165) is 12.7 Å². The van der Waals surface area contributed by atoms with E-state index in [9.17, 15) is 27.5 Å². The predicted octanol–water partition coefficient (Wildman–Crippen LogP) is 2.94. The molecule has 1 aromatic heterocycles. The summed E-state index contributed by atoms with van der Waals surface area (Å²) in [5.74, 6) is -2.69. The summed E-state index contributed by atoms with van der Waals surface area (Å²) >= 11 is 0. The van der Waals surface area contributed by atoms with Crippen LogP contribution in [-0.4, -0.2) is 43.9 Å². The van der Waals surface area contributed by atoms with E-state index in [-0.39, 0.29) is 35.4 Å². The van der Waals surface area contributed by atoms with Crippen LogP contribution < -0.4 is 0 Å². The number of carbonyl (C=O) groups excluding carboxylic acids is 2. The number of benzene rings is 1. The third-order valence-corrected chi connectivity index (χ3v) is 6.70. The average Bonchev–Trinajstić information content (AvgIpc) is 3.12. The van der Waals surface area contributed by atoms with Crippen molar-refractivity contribution >= 4 is 27.3 Å². The lowest BCUT2D eigenvalue weighted by molar-refractivity contribution is -0.149. The number of sulfone groups is 1. The van der Waals surface area contributed by atoms with E-state index in [0.29, 0.717) is 30.2 Å². The number of furan rings is 1. The Balaban J connectivity index is 1.94. The van der Waals surface area contributed by atoms with Crippen LogP contribution in [0, 0.1) is 5.82 Å². The molecule has 1 saturated heterocycles. The van der Waals surface area contributed by atoms with E-state index in [1.807, 2.05) is 0 Å². The first kappa shape index (κ1) is 21.8. The van der Waals surface area contributed by atoms with Gasteiger partial charge in [0.25, 0.3) is 5.78 Å². The molecule has 7 nitrogen and oxygen atoms in total. The second kappa shape index (κ2) is 8.83. The Morgan fingerprint density at radius 3 is 2.47 bits per heavy atom. The molecule has 0 spiro atoms. The highest BCUT2D eigenvalue weighted by Gasteiger charge is 2.29. The fourth-order valence-electron chi connectivity index (χ4n) is 3.35. The van der Waals surface area contributed by atoms with Gasteiger partial charge in [-0.25, -0.2) is 17.6 Å². The third kappa shape index (κ3) is 5.15. The topological polar surface area (TPSA) is 111 Å². The van der Waals surface area contributed by atoms with Gasteiger partial charge in [-0.3, -0.25) is 4.79 Å². The molecule has 1 N–H and O–H groups in total. The third-order valence-electron chi connectivity index (χ3n) is 4.98. The lowest BCUT2D eigenvalue weighted by Gasteiger charge is -2.19. The van der Waals surface area contributed by atoms with Gasteiger partial charge in [-0.05, 0) is 36.6 Å². The Morgan fingerprint density at radius 1 is 1.23 bits per heavy atom. The maximum absolute atomic E-state index is 13.2. The predicted molar refractivity (Wildman–Crippen MR) is 106 cm³/mol. The van der Waals surface area contributed by atoms with E-state index >= 15 is 0 Å². The van der Waals surface area contributed by atoms with E-state index in [2.05, 4.69) is 4.74 Å². The first-order valence-corrected chi connectivity index (χ1v) is 11.1. The zero-order valence-electron chi connectivity index (χ0n) is 16.3. The normalized spacial score (nSPS) is 16.9. The van der Waals surface area contributed by atoms with Crippen LogP contribution in [-0.2, 0) is 30.6 Å². The van der Waals surface area contributed by atoms with Crippen LogP contribution in [0.4, 0.5) is 4.39 Å². The maximum Gasteiger partial charge on any atom is 0.378 e. The molecule has 0 atom stereocenters. The molecule has 160 valence electrons.